The third kappa shape index (κ3) is 3.49. The zero-order chi connectivity index (χ0) is 28.7. The highest BCUT2D eigenvalue weighted by Gasteiger charge is 2.37. The van der Waals surface area contributed by atoms with E-state index in [0.29, 0.717) is 0 Å². The van der Waals surface area contributed by atoms with Crippen molar-refractivity contribution in [2.45, 2.75) is 13.1 Å². The van der Waals surface area contributed by atoms with Crippen molar-refractivity contribution in [1.82, 2.24) is 0 Å². The van der Waals surface area contributed by atoms with Gasteiger partial charge in [0.2, 0.25) is 0 Å². The Kier molecular flexibility index (Phi) is 5.15. The largest absolute Gasteiger partial charge is 0.113 e. The van der Waals surface area contributed by atoms with Gasteiger partial charge in [0.1, 0.15) is 8.07 Å². The summed E-state index contributed by atoms with van der Waals surface area (Å²) in [6.45, 7) is 4.98. The van der Waals surface area contributed by atoms with Crippen LogP contribution < -0.4 is 10.4 Å². The van der Waals surface area contributed by atoms with Crippen LogP contribution >= 0.6 is 0 Å². The van der Waals surface area contributed by atoms with Gasteiger partial charge in [-0.1, -0.05) is 140 Å². The van der Waals surface area contributed by atoms with Crippen LogP contribution in [0.25, 0.3) is 76.5 Å². The SMILES string of the molecule is C[Si]1(C)c2ccccc2-c2cc(-c3cc4cc(-c5cccc6ccccc56)c5ccccc5c4c4ccccc34)ccc21. The minimum atomic E-state index is -1.70. The van der Waals surface area contributed by atoms with Gasteiger partial charge in [-0.2, -0.15) is 0 Å². The van der Waals surface area contributed by atoms with Gasteiger partial charge in [-0.15, -0.1) is 0 Å². The van der Waals surface area contributed by atoms with Crippen LogP contribution in [-0.4, -0.2) is 8.07 Å². The monoisotopic (exact) mass is 562 g/mol. The molecular formula is C42H30Si. The second-order valence-corrected chi connectivity index (χ2v) is 16.8. The second kappa shape index (κ2) is 9.01. The molecule has 1 heterocycles. The van der Waals surface area contributed by atoms with Gasteiger partial charge >= 0.3 is 0 Å². The molecule has 202 valence electrons. The van der Waals surface area contributed by atoms with Crippen molar-refractivity contribution in [3.8, 4) is 33.4 Å². The minimum Gasteiger partial charge on any atom is -0.0623 e. The van der Waals surface area contributed by atoms with Crippen molar-refractivity contribution in [3.63, 3.8) is 0 Å². The lowest BCUT2D eigenvalue weighted by molar-refractivity contribution is 1.67. The molecule has 0 saturated carbocycles. The summed E-state index contributed by atoms with van der Waals surface area (Å²) in [5.41, 5.74) is 8.00. The third-order valence-corrected chi connectivity index (χ3v) is 13.4. The van der Waals surface area contributed by atoms with E-state index in [1.165, 1.54) is 76.5 Å². The molecule has 8 aromatic rings. The van der Waals surface area contributed by atoms with E-state index in [1.807, 2.05) is 0 Å². The molecule has 0 nitrogen and oxygen atoms in total. The summed E-state index contributed by atoms with van der Waals surface area (Å²) in [4.78, 5) is 0. The van der Waals surface area contributed by atoms with E-state index in [2.05, 4.69) is 159 Å². The Balaban J connectivity index is 1.37. The standard InChI is InChI=1S/C42H30Si/c1-43(2)40-21-10-9-17-34(40)39-24-28(22-23-41(39)43)37-25-29-26-38(31-20-11-13-27-12-3-4-14-30(27)31)33-16-6-8-19-36(33)42(29)35-18-7-5-15-32(35)37/h3-26H,1-2H3. The molecule has 9 rings (SSSR count). The molecule has 0 saturated heterocycles. The topological polar surface area (TPSA) is 0 Å². The number of hydrogen-bond acceptors (Lipinski definition) is 0. The van der Waals surface area contributed by atoms with Gasteiger partial charge in [0.05, 0.1) is 0 Å². The van der Waals surface area contributed by atoms with Crippen LogP contribution in [0.3, 0.4) is 0 Å². The molecule has 0 N–H and O–H groups in total. The van der Waals surface area contributed by atoms with Crippen LogP contribution in [0, 0.1) is 0 Å². The Hall–Kier alpha value is -4.98. The van der Waals surface area contributed by atoms with Gasteiger partial charge < -0.3 is 0 Å². The van der Waals surface area contributed by atoms with Crippen molar-refractivity contribution in [3.05, 3.63) is 146 Å². The van der Waals surface area contributed by atoms with Crippen molar-refractivity contribution in [2.24, 2.45) is 0 Å². The van der Waals surface area contributed by atoms with E-state index in [-0.39, 0.29) is 0 Å². The van der Waals surface area contributed by atoms with Gasteiger partial charge in [-0.25, -0.2) is 0 Å². The van der Waals surface area contributed by atoms with Crippen molar-refractivity contribution in [2.75, 3.05) is 0 Å². The Bertz CT molecular complexity index is 2420. The zero-order valence-electron chi connectivity index (χ0n) is 24.4. The summed E-state index contributed by atoms with van der Waals surface area (Å²) in [6.07, 6.45) is 0. The van der Waals surface area contributed by atoms with Crippen molar-refractivity contribution < 1.29 is 0 Å². The van der Waals surface area contributed by atoms with E-state index in [4.69, 9.17) is 0 Å². The lowest BCUT2D eigenvalue weighted by atomic mass is 9.86. The zero-order valence-corrected chi connectivity index (χ0v) is 25.4. The first kappa shape index (κ1) is 24.6. The van der Waals surface area contributed by atoms with Crippen LogP contribution in [0.4, 0.5) is 0 Å². The molecule has 0 bridgehead atoms. The van der Waals surface area contributed by atoms with Gasteiger partial charge in [-0.05, 0) is 105 Å². The molecule has 0 radical (unpaired) electrons. The third-order valence-electron chi connectivity index (χ3n) is 9.84. The van der Waals surface area contributed by atoms with Crippen LogP contribution in [0.2, 0.25) is 13.1 Å². The minimum absolute atomic E-state index is 1.27. The fourth-order valence-electron chi connectivity index (χ4n) is 7.79. The first-order valence-electron chi connectivity index (χ1n) is 15.2. The summed E-state index contributed by atoms with van der Waals surface area (Å²) in [7, 11) is -1.70. The highest BCUT2D eigenvalue weighted by Crippen LogP contribution is 2.43. The molecule has 43 heavy (non-hydrogen) atoms. The van der Waals surface area contributed by atoms with Crippen LogP contribution in [0.15, 0.2) is 146 Å². The van der Waals surface area contributed by atoms with Crippen LogP contribution in [0.5, 0.6) is 0 Å². The highest BCUT2D eigenvalue weighted by molar-refractivity contribution is 7.03. The second-order valence-electron chi connectivity index (χ2n) is 12.5. The smallest absolute Gasteiger partial charge is 0.0623 e. The van der Waals surface area contributed by atoms with Crippen LogP contribution in [0.1, 0.15) is 0 Å². The average Bonchev–Trinajstić information content (AvgIpc) is 3.29. The van der Waals surface area contributed by atoms with Gasteiger partial charge in [-0.3, -0.25) is 0 Å². The van der Waals surface area contributed by atoms with Gasteiger partial charge in [0.15, 0.2) is 0 Å². The Morgan fingerprint density at radius 2 is 0.907 bits per heavy atom. The fourth-order valence-corrected chi connectivity index (χ4v) is 10.9. The first-order valence-corrected chi connectivity index (χ1v) is 18.2. The van der Waals surface area contributed by atoms with Gasteiger partial charge in [0, 0.05) is 0 Å². The number of rotatable bonds is 2. The molecule has 0 aromatic heterocycles. The summed E-state index contributed by atoms with van der Waals surface area (Å²) in [5, 5.41) is 13.5. The van der Waals surface area contributed by atoms with E-state index in [1.54, 1.807) is 10.4 Å². The quantitative estimate of drug-likeness (QED) is 0.145. The van der Waals surface area contributed by atoms with Crippen LogP contribution in [-0.2, 0) is 0 Å². The molecule has 0 atom stereocenters. The molecule has 0 unspecified atom stereocenters. The van der Waals surface area contributed by atoms with Crippen molar-refractivity contribution in [1.29, 1.82) is 0 Å². The molecule has 8 aromatic carbocycles. The number of benzene rings is 8. The summed E-state index contributed by atoms with van der Waals surface area (Å²) in [5.74, 6) is 0. The van der Waals surface area contributed by atoms with E-state index < -0.39 is 8.07 Å². The van der Waals surface area contributed by atoms with Crippen molar-refractivity contribution >= 4 is 61.5 Å². The molecule has 1 heteroatoms. The Morgan fingerprint density at radius 1 is 0.349 bits per heavy atom. The lowest BCUT2D eigenvalue weighted by Gasteiger charge is -2.19. The first-order chi connectivity index (χ1) is 21.1. The summed E-state index contributed by atoms with van der Waals surface area (Å²) >= 11 is 0. The maximum Gasteiger partial charge on any atom is 0.113 e. The predicted octanol–water partition coefficient (Wildman–Crippen LogP) is 10.4. The Morgan fingerprint density at radius 3 is 1.70 bits per heavy atom. The molecular weight excluding hydrogens is 533 g/mol. The maximum atomic E-state index is 2.49. The highest BCUT2D eigenvalue weighted by atomic mass is 28.3. The predicted molar refractivity (Wildman–Crippen MR) is 190 cm³/mol. The fraction of sp³-hybridized carbons (Fsp3) is 0.0476. The number of hydrogen-bond donors (Lipinski definition) is 0. The molecule has 1 aliphatic rings. The van der Waals surface area contributed by atoms with E-state index in [0.717, 1.165) is 0 Å². The molecule has 0 fully saturated rings. The molecule has 0 spiro atoms. The normalized spacial score (nSPS) is 13.5. The average molecular weight is 563 g/mol. The molecule has 0 aliphatic carbocycles. The van der Waals surface area contributed by atoms with Gasteiger partial charge in [0.25, 0.3) is 0 Å². The van der Waals surface area contributed by atoms with E-state index >= 15 is 0 Å². The molecule has 1 aliphatic heterocycles. The summed E-state index contributed by atoms with van der Waals surface area (Å²) in [6, 6.07) is 54.6. The lowest BCUT2D eigenvalue weighted by Crippen LogP contribution is -2.49. The molecule has 0 amide bonds. The maximum absolute atomic E-state index is 2.49. The number of fused-ring (bicyclic) bond motifs is 9. The Labute approximate surface area is 252 Å². The van der Waals surface area contributed by atoms with E-state index in [9.17, 15) is 0 Å². The summed E-state index contributed by atoms with van der Waals surface area (Å²) < 4.78 is 0.